The fraction of sp³-hybridized carbons (Fsp3) is 0.259. The number of ether oxygens (including phenoxy) is 1. The number of aromatic nitrogens is 1. The zero-order valence-corrected chi connectivity index (χ0v) is 20.4. The summed E-state index contributed by atoms with van der Waals surface area (Å²) in [5, 5.41) is 14.3. The Balaban J connectivity index is 1.79. The third-order valence-corrected chi connectivity index (χ3v) is 5.65. The van der Waals surface area contributed by atoms with Crippen LogP contribution in [0.1, 0.15) is 29.2 Å². The Morgan fingerprint density at radius 2 is 1.58 bits per heavy atom. The molecule has 0 bridgehead atoms. The molecular weight excluding hydrogens is 462 g/mol. The van der Waals surface area contributed by atoms with Crippen molar-refractivity contribution in [2.24, 2.45) is 0 Å². The minimum Gasteiger partial charge on any atom is -0.497 e. The molecule has 1 atom stereocenters. The fourth-order valence-corrected chi connectivity index (χ4v) is 3.74. The van der Waals surface area contributed by atoms with Gasteiger partial charge in [0.1, 0.15) is 17.5 Å². The van der Waals surface area contributed by atoms with E-state index in [2.05, 4.69) is 10.6 Å². The lowest BCUT2D eigenvalue weighted by Crippen LogP contribution is -2.45. The standard InChI is InChI=1S/C27H29N3O6/c1-17-12-13-30(16-21-8-10-22(36-3)11-9-21)27(35)25(17)29-26(34)23(28-18(2)31)14-19-4-6-20(7-5-19)15-24(32)33/h4-13,23H,14-16H2,1-3H3,(H,28,31)(H,29,34)(H,32,33)/t23-/m0/s1. The first-order valence-corrected chi connectivity index (χ1v) is 11.4. The summed E-state index contributed by atoms with van der Waals surface area (Å²) in [5.41, 5.74) is 2.63. The monoisotopic (exact) mass is 491 g/mol. The average Bonchev–Trinajstić information content (AvgIpc) is 2.84. The van der Waals surface area contributed by atoms with Crippen molar-refractivity contribution in [1.29, 1.82) is 0 Å². The van der Waals surface area contributed by atoms with Crippen LogP contribution in [0.25, 0.3) is 0 Å². The second-order valence-electron chi connectivity index (χ2n) is 8.49. The number of carbonyl (C=O) groups excluding carboxylic acids is 2. The maximum Gasteiger partial charge on any atom is 0.307 e. The van der Waals surface area contributed by atoms with E-state index < -0.39 is 17.9 Å². The summed E-state index contributed by atoms with van der Waals surface area (Å²) in [5.74, 6) is -1.14. The van der Waals surface area contributed by atoms with E-state index in [1.807, 2.05) is 24.3 Å². The predicted octanol–water partition coefficient (Wildman–Crippen LogP) is 2.53. The Bertz CT molecular complexity index is 1300. The Hall–Kier alpha value is -4.40. The molecule has 1 heterocycles. The summed E-state index contributed by atoms with van der Waals surface area (Å²) in [6.07, 6.45) is 1.73. The molecule has 0 spiro atoms. The van der Waals surface area contributed by atoms with Crippen molar-refractivity contribution in [3.8, 4) is 5.75 Å². The van der Waals surface area contributed by atoms with Crippen LogP contribution in [-0.4, -0.2) is 40.6 Å². The quantitative estimate of drug-likeness (QED) is 0.400. The van der Waals surface area contributed by atoms with Crippen LogP contribution in [0.2, 0.25) is 0 Å². The molecule has 0 aliphatic carbocycles. The number of aliphatic carboxylic acids is 1. The zero-order valence-electron chi connectivity index (χ0n) is 20.4. The second kappa shape index (κ2) is 11.8. The molecule has 0 fully saturated rings. The molecule has 2 aromatic carbocycles. The van der Waals surface area contributed by atoms with Crippen molar-refractivity contribution in [2.45, 2.75) is 39.3 Å². The number of carboxylic acid groups (broad SMARTS) is 1. The SMILES string of the molecule is COc1ccc(Cn2ccc(C)c(NC(=O)[C@H](Cc3ccc(CC(=O)O)cc3)NC(C)=O)c2=O)cc1. The highest BCUT2D eigenvalue weighted by Crippen LogP contribution is 2.15. The lowest BCUT2D eigenvalue weighted by atomic mass is 10.0. The highest BCUT2D eigenvalue weighted by Gasteiger charge is 2.22. The van der Waals surface area contributed by atoms with Crippen molar-refractivity contribution in [1.82, 2.24) is 9.88 Å². The van der Waals surface area contributed by atoms with Crippen LogP contribution >= 0.6 is 0 Å². The molecule has 36 heavy (non-hydrogen) atoms. The number of pyridine rings is 1. The summed E-state index contributed by atoms with van der Waals surface area (Å²) in [7, 11) is 1.58. The molecule has 188 valence electrons. The van der Waals surface area contributed by atoms with Crippen LogP contribution in [0.5, 0.6) is 5.75 Å². The molecule has 2 amide bonds. The van der Waals surface area contributed by atoms with Gasteiger partial charge in [-0.05, 0) is 47.4 Å². The van der Waals surface area contributed by atoms with Crippen LogP contribution in [0.3, 0.4) is 0 Å². The van der Waals surface area contributed by atoms with Gasteiger partial charge >= 0.3 is 5.97 Å². The van der Waals surface area contributed by atoms with Crippen LogP contribution in [0, 0.1) is 6.92 Å². The van der Waals surface area contributed by atoms with Gasteiger partial charge in [0.25, 0.3) is 5.56 Å². The molecule has 3 N–H and O–H groups in total. The topological polar surface area (TPSA) is 127 Å². The molecule has 1 aromatic heterocycles. The van der Waals surface area contributed by atoms with Crippen molar-refractivity contribution in [3.63, 3.8) is 0 Å². The van der Waals surface area contributed by atoms with Crippen molar-refractivity contribution >= 4 is 23.5 Å². The first kappa shape index (κ1) is 26.2. The molecule has 0 saturated carbocycles. The molecule has 0 unspecified atom stereocenters. The maximum absolute atomic E-state index is 13.2. The predicted molar refractivity (Wildman–Crippen MR) is 135 cm³/mol. The van der Waals surface area contributed by atoms with Gasteiger partial charge in [-0.25, -0.2) is 0 Å². The molecule has 0 aliphatic heterocycles. The molecule has 0 aliphatic rings. The van der Waals surface area contributed by atoms with E-state index in [-0.39, 0.29) is 30.0 Å². The van der Waals surface area contributed by atoms with Crippen molar-refractivity contribution < 1.29 is 24.2 Å². The minimum absolute atomic E-state index is 0.105. The number of nitrogens with zero attached hydrogens (tertiary/aromatic N) is 1. The first-order valence-electron chi connectivity index (χ1n) is 11.4. The average molecular weight is 492 g/mol. The van der Waals surface area contributed by atoms with E-state index in [0.717, 1.165) is 11.1 Å². The summed E-state index contributed by atoms with van der Waals surface area (Å²) >= 11 is 0. The van der Waals surface area contributed by atoms with Gasteiger partial charge in [-0.1, -0.05) is 36.4 Å². The van der Waals surface area contributed by atoms with E-state index in [1.54, 1.807) is 50.6 Å². The highest BCUT2D eigenvalue weighted by molar-refractivity contribution is 5.97. The smallest absolute Gasteiger partial charge is 0.307 e. The van der Waals surface area contributed by atoms with E-state index in [4.69, 9.17) is 9.84 Å². The van der Waals surface area contributed by atoms with Gasteiger partial charge in [0.15, 0.2) is 0 Å². The minimum atomic E-state index is -0.936. The summed E-state index contributed by atoms with van der Waals surface area (Å²) in [6, 6.07) is 14.9. The number of methoxy groups -OCH3 is 1. The number of carboxylic acids is 1. The summed E-state index contributed by atoms with van der Waals surface area (Å²) in [6.45, 7) is 3.35. The normalized spacial score (nSPS) is 11.4. The summed E-state index contributed by atoms with van der Waals surface area (Å²) in [4.78, 5) is 49.0. The number of nitrogens with one attached hydrogen (secondary N) is 2. The molecule has 3 rings (SSSR count). The Morgan fingerprint density at radius 1 is 0.972 bits per heavy atom. The van der Waals surface area contributed by atoms with Gasteiger partial charge in [-0.15, -0.1) is 0 Å². The fourth-order valence-electron chi connectivity index (χ4n) is 3.74. The molecule has 0 saturated heterocycles. The number of hydrogen-bond acceptors (Lipinski definition) is 5. The van der Waals surface area contributed by atoms with E-state index in [0.29, 0.717) is 23.4 Å². The Labute approximate surface area is 208 Å². The van der Waals surface area contributed by atoms with E-state index in [1.165, 1.54) is 11.5 Å². The van der Waals surface area contributed by atoms with Gasteiger partial charge in [-0.2, -0.15) is 0 Å². The van der Waals surface area contributed by atoms with E-state index >= 15 is 0 Å². The molecule has 0 radical (unpaired) electrons. The molecule has 9 heteroatoms. The van der Waals surface area contributed by atoms with Crippen LogP contribution in [0.4, 0.5) is 5.69 Å². The number of amides is 2. The third-order valence-electron chi connectivity index (χ3n) is 5.65. The maximum atomic E-state index is 13.2. The molecule has 3 aromatic rings. The molecule has 9 nitrogen and oxygen atoms in total. The second-order valence-corrected chi connectivity index (χ2v) is 8.49. The Kier molecular flexibility index (Phi) is 8.61. The van der Waals surface area contributed by atoms with E-state index in [9.17, 15) is 19.2 Å². The van der Waals surface area contributed by atoms with Gasteiger partial charge in [-0.3, -0.25) is 19.2 Å². The van der Waals surface area contributed by atoms with Gasteiger partial charge in [0.05, 0.1) is 20.1 Å². The first-order chi connectivity index (χ1) is 17.2. The third kappa shape index (κ3) is 7.05. The number of rotatable bonds is 10. The highest BCUT2D eigenvalue weighted by atomic mass is 16.5. The van der Waals surface area contributed by atoms with Crippen molar-refractivity contribution in [2.75, 3.05) is 12.4 Å². The number of aryl methyl sites for hydroxylation is 1. The van der Waals surface area contributed by atoms with Gasteiger partial charge < -0.3 is 25.0 Å². The number of benzene rings is 2. The number of carbonyl (C=O) groups is 3. The van der Waals surface area contributed by atoms with Crippen LogP contribution in [0.15, 0.2) is 65.6 Å². The lowest BCUT2D eigenvalue weighted by Gasteiger charge is -2.19. The van der Waals surface area contributed by atoms with Crippen LogP contribution in [-0.2, 0) is 33.8 Å². The molecular formula is C27H29N3O6. The largest absolute Gasteiger partial charge is 0.497 e. The number of hydrogen-bond donors (Lipinski definition) is 3. The zero-order chi connectivity index (χ0) is 26.2. The van der Waals surface area contributed by atoms with Gasteiger partial charge in [0.2, 0.25) is 11.8 Å². The Morgan fingerprint density at radius 3 is 2.17 bits per heavy atom. The van der Waals surface area contributed by atoms with Gasteiger partial charge in [0, 0.05) is 19.5 Å². The number of anilines is 1. The summed E-state index contributed by atoms with van der Waals surface area (Å²) < 4.78 is 6.66. The van der Waals surface area contributed by atoms with Crippen LogP contribution < -0.4 is 20.9 Å². The van der Waals surface area contributed by atoms with Crippen molar-refractivity contribution in [3.05, 3.63) is 93.4 Å². The lowest BCUT2D eigenvalue weighted by molar-refractivity contribution is -0.136.